The molecule has 0 aromatic rings. The maximum atomic E-state index is 11.2. The van der Waals surface area contributed by atoms with Crippen LogP contribution in [0.15, 0.2) is 0 Å². The van der Waals surface area contributed by atoms with E-state index in [9.17, 15) is 9.59 Å². The number of nitrogens with two attached hydrogens (primary N) is 1. The van der Waals surface area contributed by atoms with Crippen molar-refractivity contribution in [3.8, 4) is 0 Å². The summed E-state index contributed by atoms with van der Waals surface area (Å²) in [4.78, 5) is 23.0. The van der Waals surface area contributed by atoms with E-state index < -0.39 is 12.0 Å². The summed E-state index contributed by atoms with van der Waals surface area (Å²) in [6, 6.07) is 0. The molecule has 76 valence electrons. The van der Waals surface area contributed by atoms with Gasteiger partial charge in [0.25, 0.3) is 0 Å². The van der Waals surface area contributed by atoms with Crippen molar-refractivity contribution in [2.24, 2.45) is 5.73 Å². The molecule has 0 spiro atoms. The molecular weight excluding hydrogens is 172 g/mol. The second-order valence-corrected chi connectivity index (χ2v) is 2.94. The molecule has 0 saturated heterocycles. The largest absolute Gasteiger partial charge is 0.392 e. The zero-order chi connectivity index (χ0) is 10.4. The normalized spacial score (nSPS) is 12.2. The van der Waals surface area contributed by atoms with Gasteiger partial charge in [-0.1, -0.05) is 6.92 Å². The highest BCUT2D eigenvalue weighted by Crippen LogP contribution is 1.96. The summed E-state index contributed by atoms with van der Waals surface area (Å²) in [6.45, 7) is 3.27. The molecule has 0 heterocycles. The Bertz CT molecular complexity index is 192. The van der Waals surface area contributed by atoms with E-state index in [2.05, 4.69) is 0 Å². The summed E-state index contributed by atoms with van der Waals surface area (Å²) >= 11 is 0. The first kappa shape index (κ1) is 11.9. The number of nitrogens with zero attached hydrogens (tertiary/aromatic N) is 1. The molecule has 0 aliphatic rings. The highest BCUT2D eigenvalue weighted by atomic mass is 16.3. The van der Waals surface area contributed by atoms with Gasteiger partial charge in [0.15, 0.2) is 0 Å². The summed E-state index contributed by atoms with van der Waals surface area (Å²) in [5.41, 5.74) is 4.95. The molecule has 3 N–H and O–H groups in total. The molecule has 1 unspecified atom stereocenters. The monoisotopic (exact) mass is 188 g/mol. The first-order chi connectivity index (χ1) is 5.97. The third-order valence-corrected chi connectivity index (χ3v) is 1.49. The molecule has 0 aliphatic carbocycles. The number of aliphatic hydroxyl groups excluding tert-OH is 1. The lowest BCUT2D eigenvalue weighted by Crippen LogP contribution is -2.41. The summed E-state index contributed by atoms with van der Waals surface area (Å²) < 4.78 is 0. The van der Waals surface area contributed by atoms with Gasteiger partial charge in [-0.15, -0.1) is 0 Å². The summed E-state index contributed by atoms with van der Waals surface area (Å²) in [7, 11) is 0. The van der Waals surface area contributed by atoms with Crippen molar-refractivity contribution in [1.82, 2.24) is 4.90 Å². The van der Waals surface area contributed by atoms with Crippen LogP contribution in [0.1, 0.15) is 20.3 Å². The molecular formula is C8H16N2O3. The molecule has 5 heteroatoms. The third-order valence-electron chi connectivity index (χ3n) is 1.49. The van der Waals surface area contributed by atoms with Crippen molar-refractivity contribution in [3.05, 3.63) is 0 Å². The van der Waals surface area contributed by atoms with Gasteiger partial charge in [0, 0.05) is 13.0 Å². The van der Waals surface area contributed by atoms with E-state index in [0.29, 0.717) is 6.42 Å². The fourth-order valence-electron chi connectivity index (χ4n) is 0.985. The van der Waals surface area contributed by atoms with Gasteiger partial charge in [-0.3, -0.25) is 9.59 Å². The Morgan fingerprint density at radius 2 is 2.08 bits per heavy atom. The smallest absolute Gasteiger partial charge is 0.237 e. The minimum absolute atomic E-state index is 0.127. The van der Waals surface area contributed by atoms with E-state index in [-0.39, 0.29) is 19.0 Å². The van der Waals surface area contributed by atoms with Crippen molar-refractivity contribution >= 4 is 11.8 Å². The summed E-state index contributed by atoms with van der Waals surface area (Å²) in [5.74, 6) is -0.748. The minimum atomic E-state index is -0.644. The van der Waals surface area contributed by atoms with Gasteiger partial charge in [0.2, 0.25) is 11.8 Å². The maximum Gasteiger partial charge on any atom is 0.237 e. The van der Waals surface area contributed by atoms with Crippen molar-refractivity contribution in [2.75, 3.05) is 13.1 Å². The Balaban J connectivity index is 4.18. The van der Waals surface area contributed by atoms with Crippen LogP contribution in [0.5, 0.6) is 0 Å². The topological polar surface area (TPSA) is 83.6 Å². The van der Waals surface area contributed by atoms with Gasteiger partial charge < -0.3 is 15.7 Å². The highest BCUT2D eigenvalue weighted by molar-refractivity contribution is 5.83. The molecule has 0 aromatic carbocycles. The lowest BCUT2D eigenvalue weighted by molar-refractivity contribution is -0.136. The van der Waals surface area contributed by atoms with Gasteiger partial charge in [-0.25, -0.2) is 0 Å². The predicted molar refractivity (Wildman–Crippen MR) is 47.7 cm³/mol. The van der Waals surface area contributed by atoms with E-state index in [0.717, 1.165) is 0 Å². The number of amides is 2. The van der Waals surface area contributed by atoms with Crippen LogP contribution in [0, 0.1) is 0 Å². The summed E-state index contributed by atoms with van der Waals surface area (Å²) in [6.07, 6.45) is -0.338. The molecule has 0 aliphatic heterocycles. The Morgan fingerprint density at radius 3 is 2.38 bits per heavy atom. The molecule has 0 saturated carbocycles. The zero-order valence-corrected chi connectivity index (χ0v) is 7.99. The molecule has 0 aromatic heterocycles. The van der Waals surface area contributed by atoms with Crippen molar-refractivity contribution in [2.45, 2.75) is 26.4 Å². The van der Waals surface area contributed by atoms with E-state index in [1.807, 2.05) is 0 Å². The molecule has 5 nitrogen and oxygen atoms in total. The molecule has 0 bridgehead atoms. The molecule has 2 amide bonds. The number of primary amides is 1. The first-order valence-corrected chi connectivity index (χ1v) is 4.21. The fraction of sp³-hybridized carbons (Fsp3) is 0.750. The lowest BCUT2D eigenvalue weighted by Gasteiger charge is -2.21. The van der Waals surface area contributed by atoms with Gasteiger partial charge in [-0.2, -0.15) is 0 Å². The van der Waals surface area contributed by atoms with Crippen LogP contribution in [-0.2, 0) is 9.59 Å². The van der Waals surface area contributed by atoms with E-state index in [1.54, 1.807) is 13.8 Å². The fourth-order valence-corrected chi connectivity index (χ4v) is 0.985. The number of carbonyl (C=O) groups is 2. The number of hydrogen-bond acceptors (Lipinski definition) is 3. The SMILES string of the molecule is CCC(=O)N(CC(N)=O)CC(C)O. The second kappa shape index (κ2) is 5.53. The van der Waals surface area contributed by atoms with Crippen LogP contribution in [-0.4, -0.2) is 41.0 Å². The quantitative estimate of drug-likeness (QED) is 0.586. The van der Waals surface area contributed by atoms with Crippen molar-refractivity contribution in [3.63, 3.8) is 0 Å². The Labute approximate surface area is 77.5 Å². The molecule has 0 fully saturated rings. The predicted octanol–water partition coefficient (Wildman–Crippen LogP) is -0.909. The Hall–Kier alpha value is -1.10. The number of hydrogen-bond donors (Lipinski definition) is 2. The van der Waals surface area contributed by atoms with Crippen molar-refractivity contribution < 1.29 is 14.7 Å². The van der Waals surface area contributed by atoms with Gasteiger partial charge in [0.05, 0.1) is 12.6 Å². The van der Waals surface area contributed by atoms with Gasteiger partial charge in [-0.05, 0) is 6.92 Å². The van der Waals surface area contributed by atoms with Gasteiger partial charge >= 0.3 is 0 Å². The van der Waals surface area contributed by atoms with Crippen LogP contribution in [0.3, 0.4) is 0 Å². The van der Waals surface area contributed by atoms with Crippen LogP contribution < -0.4 is 5.73 Å². The molecule has 1 atom stereocenters. The number of rotatable bonds is 5. The van der Waals surface area contributed by atoms with Gasteiger partial charge in [0.1, 0.15) is 0 Å². The Kier molecular flexibility index (Phi) is 5.06. The van der Waals surface area contributed by atoms with Crippen LogP contribution in [0.25, 0.3) is 0 Å². The number of aliphatic hydroxyl groups is 1. The lowest BCUT2D eigenvalue weighted by atomic mass is 10.3. The minimum Gasteiger partial charge on any atom is -0.392 e. The van der Waals surface area contributed by atoms with Crippen molar-refractivity contribution in [1.29, 1.82) is 0 Å². The van der Waals surface area contributed by atoms with E-state index in [1.165, 1.54) is 4.90 Å². The summed E-state index contributed by atoms with van der Waals surface area (Å²) in [5, 5.41) is 9.03. The zero-order valence-electron chi connectivity index (χ0n) is 7.99. The highest BCUT2D eigenvalue weighted by Gasteiger charge is 2.15. The average Bonchev–Trinajstić information content (AvgIpc) is 2.00. The maximum absolute atomic E-state index is 11.2. The first-order valence-electron chi connectivity index (χ1n) is 4.21. The van der Waals surface area contributed by atoms with E-state index >= 15 is 0 Å². The van der Waals surface area contributed by atoms with Crippen LogP contribution in [0.4, 0.5) is 0 Å². The number of carbonyl (C=O) groups excluding carboxylic acids is 2. The average molecular weight is 188 g/mol. The van der Waals surface area contributed by atoms with Crippen LogP contribution >= 0.6 is 0 Å². The molecule has 0 rings (SSSR count). The molecule has 13 heavy (non-hydrogen) atoms. The second-order valence-electron chi connectivity index (χ2n) is 2.94. The molecule has 0 radical (unpaired) electrons. The van der Waals surface area contributed by atoms with E-state index in [4.69, 9.17) is 10.8 Å². The van der Waals surface area contributed by atoms with Crippen LogP contribution in [0.2, 0.25) is 0 Å². The third kappa shape index (κ3) is 5.19. The standard InChI is InChI=1S/C8H16N2O3/c1-3-8(13)10(4-6(2)11)5-7(9)12/h6,11H,3-5H2,1-2H3,(H2,9,12). The Morgan fingerprint density at radius 1 is 1.54 bits per heavy atom.